The molecule has 0 radical (unpaired) electrons. The summed E-state index contributed by atoms with van der Waals surface area (Å²) in [6.07, 6.45) is 10.1. The van der Waals surface area contributed by atoms with Crippen LogP contribution in [0.1, 0.15) is 66.2 Å². The molecule has 6 nitrogen and oxygen atoms in total. The van der Waals surface area contributed by atoms with E-state index in [-0.39, 0.29) is 46.7 Å². The number of benzene rings is 1. The van der Waals surface area contributed by atoms with E-state index in [1.807, 2.05) is 56.1 Å². The van der Waals surface area contributed by atoms with Crippen molar-refractivity contribution in [3.63, 3.8) is 0 Å². The van der Waals surface area contributed by atoms with Gasteiger partial charge in [0.15, 0.2) is 0 Å². The van der Waals surface area contributed by atoms with Crippen molar-refractivity contribution in [3.05, 3.63) is 42.5 Å². The van der Waals surface area contributed by atoms with Crippen LogP contribution in [0.25, 0.3) is 0 Å². The molecule has 3 fully saturated rings. The van der Waals surface area contributed by atoms with E-state index < -0.39 is 0 Å². The Morgan fingerprint density at radius 2 is 1.75 bits per heavy atom. The number of amides is 4. The van der Waals surface area contributed by atoms with Crippen LogP contribution in [-0.2, 0) is 9.59 Å². The quantitative estimate of drug-likeness (QED) is 0.589. The SMILES string of the molecule is CC(C)N(C(=O)Nc1ccccc1)C(=O)C1CC[C@H]2[C@@H]3CCC4N(C)C(=O)C=C[C@]4(C)[C@@H]3CC[C@]12C. The van der Waals surface area contributed by atoms with Gasteiger partial charge in [-0.15, -0.1) is 0 Å². The highest BCUT2D eigenvalue weighted by Gasteiger charge is 2.62. The Hall–Kier alpha value is -2.63. The van der Waals surface area contributed by atoms with Gasteiger partial charge in [-0.05, 0) is 93.7 Å². The molecule has 2 unspecified atom stereocenters. The number of urea groups is 1. The topological polar surface area (TPSA) is 69.7 Å². The van der Waals surface area contributed by atoms with Gasteiger partial charge < -0.3 is 10.2 Å². The van der Waals surface area contributed by atoms with Gasteiger partial charge in [0.1, 0.15) is 0 Å². The number of carbonyl (C=O) groups is 3. The van der Waals surface area contributed by atoms with Gasteiger partial charge >= 0.3 is 6.03 Å². The molecular formula is C30H41N3O3. The van der Waals surface area contributed by atoms with E-state index in [0.29, 0.717) is 23.4 Å². The molecule has 36 heavy (non-hydrogen) atoms. The highest BCUT2D eigenvalue weighted by Crippen LogP contribution is 2.65. The lowest BCUT2D eigenvalue weighted by molar-refractivity contribution is -0.146. The Bertz CT molecular complexity index is 1070. The number of carbonyl (C=O) groups excluding carboxylic acids is 3. The van der Waals surface area contributed by atoms with Crippen molar-refractivity contribution in [2.24, 2.45) is 34.5 Å². The van der Waals surface area contributed by atoms with E-state index in [9.17, 15) is 14.4 Å². The number of hydrogen-bond donors (Lipinski definition) is 1. The minimum Gasteiger partial charge on any atom is -0.338 e. The van der Waals surface area contributed by atoms with Gasteiger partial charge in [-0.2, -0.15) is 0 Å². The van der Waals surface area contributed by atoms with Crippen LogP contribution in [0, 0.1) is 34.5 Å². The van der Waals surface area contributed by atoms with Crippen LogP contribution >= 0.6 is 0 Å². The molecule has 1 aromatic rings. The second-order valence-corrected chi connectivity index (χ2v) is 12.4. The van der Waals surface area contributed by atoms with Crippen LogP contribution in [0.5, 0.6) is 0 Å². The first-order valence-corrected chi connectivity index (χ1v) is 13.7. The maximum absolute atomic E-state index is 14.0. The first-order valence-electron chi connectivity index (χ1n) is 13.7. The fourth-order valence-electron chi connectivity index (χ4n) is 8.61. The van der Waals surface area contributed by atoms with E-state index in [1.165, 1.54) is 4.90 Å². The number of nitrogens with one attached hydrogen (secondary N) is 1. The largest absolute Gasteiger partial charge is 0.338 e. The number of imide groups is 1. The summed E-state index contributed by atoms with van der Waals surface area (Å²) in [6.45, 7) is 8.51. The van der Waals surface area contributed by atoms with Crippen molar-refractivity contribution in [3.8, 4) is 0 Å². The van der Waals surface area contributed by atoms with Gasteiger partial charge in [0, 0.05) is 36.2 Å². The predicted molar refractivity (Wildman–Crippen MR) is 141 cm³/mol. The van der Waals surface area contributed by atoms with Crippen molar-refractivity contribution in [1.29, 1.82) is 0 Å². The molecule has 5 rings (SSSR count). The van der Waals surface area contributed by atoms with Gasteiger partial charge in [-0.3, -0.25) is 14.5 Å². The summed E-state index contributed by atoms with van der Waals surface area (Å²) in [5.74, 6) is 1.52. The van der Waals surface area contributed by atoms with E-state index in [4.69, 9.17) is 0 Å². The average Bonchev–Trinajstić information content (AvgIpc) is 3.19. The van der Waals surface area contributed by atoms with Gasteiger partial charge in [-0.25, -0.2) is 4.79 Å². The number of para-hydroxylation sites is 1. The molecule has 1 heterocycles. The maximum atomic E-state index is 14.0. The zero-order valence-corrected chi connectivity index (χ0v) is 22.4. The standard InChI is InChI=1S/C30H41N3O3/c1-19(2)33(28(36)31-20-9-7-6-8-10-20)27(35)24-13-12-22-21-11-14-25-30(4,18-16-26(34)32(25)5)23(21)15-17-29(22,24)3/h6-10,16,18-19,21-25H,11-15,17H2,1-5H3,(H,31,36)/t21-,22-,23+,24?,25?,29-,30+/m0/s1. The minimum absolute atomic E-state index is 0.00542. The van der Waals surface area contributed by atoms with Gasteiger partial charge in [0.05, 0.1) is 0 Å². The molecule has 194 valence electrons. The highest BCUT2D eigenvalue weighted by molar-refractivity contribution is 6.02. The summed E-state index contributed by atoms with van der Waals surface area (Å²) in [7, 11) is 1.95. The Morgan fingerprint density at radius 3 is 2.44 bits per heavy atom. The molecule has 3 saturated carbocycles. The Labute approximate surface area is 215 Å². The Balaban J connectivity index is 1.37. The summed E-state index contributed by atoms with van der Waals surface area (Å²) in [4.78, 5) is 43.0. The summed E-state index contributed by atoms with van der Waals surface area (Å²) in [5.41, 5.74) is 0.599. The van der Waals surface area contributed by atoms with Crippen LogP contribution in [0.3, 0.4) is 0 Å². The number of fused-ring (bicyclic) bond motifs is 5. The predicted octanol–water partition coefficient (Wildman–Crippen LogP) is 5.71. The molecule has 3 aliphatic carbocycles. The first-order chi connectivity index (χ1) is 17.1. The monoisotopic (exact) mass is 491 g/mol. The van der Waals surface area contributed by atoms with Crippen LogP contribution < -0.4 is 5.32 Å². The molecule has 1 aromatic carbocycles. The maximum Gasteiger partial charge on any atom is 0.328 e. The van der Waals surface area contributed by atoms with Crippen molar-refractivity contribution >= 4 is 23.5 Å². The molecule has 6 heteroatoms. The summed E-state index contributed by atoms with van der Waals surface area (Å²) < 4.78 is 0. The Morgan fingerprint density at radius 1 is 1.03 bits per heavy atom. The molecule has 4 amide bonds. The molecular weight excluding hydrogens is 450 g/mol. The van der Waals surface area contributed by atoms with Crippen molar-refractivity contribution in [1.82, 2.24) is 9.80 Å². The van der Waals surface area contributed by atoms with Crippen molar-refractivity contribution < 1.29 is 14.4 Å². The summed E-state index contributed by atoms with van der Waals surface area (Å²) in [6, 6.07) is 9.06. The van der Waals surface area contributed by atoms with E-state index >= 15 is 0 Å². The molecule has 0 saturated heterocycles. The third-order valence-corrected chi connectivity index (χ3v) is 10.4. The third kappa shape index (κ3) is 3.79. The molecule has 4 aliphatic rings. The average molecular weight is 492 g/mol. The Kier molecular flexibility index (Phi) is 6.29. The zero-order valence-electron chi connectivity index (χ0n) is 22.4. The number of nitrogens with zero attached hydrogens (tertiary/aromatic N) is 2. The van der Waals surface area contributed by atoms with Crippen molar-refractivity contribution in [2.75, 3.05) is 12.4 Å². The second kappa shape index (κ2) is 9.04. The first kappa shape index (κ1) is 25.0. The molecule has 1 aliphatic heterocycles. The molecule has 7 atom stereocenters. The van der Waals surface area contributed by atoms with E-state index in [1.54, 1.807) is 6.08 Å². The smallest absolute Gasteiger partial charge is 0.328 e. The van der Waals surface area contributed by atoms with E-state index in [2.05, 4.69) is 25.2 Å². The molecule has 0 spiro atoms. The van der Waals surface area contributed by atoms with Crippen LogP contribution in [0.4, 0.5) is 10.5 Å². The number of rotatable bonds is 3. The normalized spacial score (nSPS) is 37.2. The number of anilines is 1. The van der Waals surface area contributed by atoms with Crippen LogP contribution in [0.2, 0.25) is 0 Å². The zero-order chi connectivity index (χ0) is 25.8. The molecule has 1 N–H and O–H groups in total. The van der Waals surface area contributed by atoms with E-state index in [0.717, 1.165) is 38.5 Å². The minimum atomic E-state index is -0.338. The van der Waals surface area contributed by atoms with Crippen molar-refractivity contribution in [2.45, 2.75) is 78.3 Å². The summed E-state index contributed by atoms with van der Waals surface area (Å²) >= 11 is 0. The number of likely N-dealkylation sites (N-methyl/N-ethyl adjacent to an activating group) is 1. The lowest BCUT2D eigenvalue weighted by atomic mass is 9.47. The van der Waals surface area contributed by atoms with Crippen LogP contribution in [0.15, 0.2) is 42.5 Å². The van der Waals surface area contributed by atoms with Gasteiger partial charge in [0.25, 0.3) is 0 Å². The second-order valence-electron chi connectivity index (χ2n) is 12.4. The summed E-state index contributed by atoms with van der Waals surface area (Å²) in [5, 5.41) is 2.93. The highest BCUT2D eigenvalue weighted by atomic mass is 16.2. The lowest BCUT2D eigenvalue weighted by Gasteiger charge is -2.60. The molecule has 0 bridgehead atoms. The fraction of sp³-hybridized carbons (Fsp3) is 0.633. The van der Waals surface area contributed by atoms with Gasteiger partial charge in [0.2, 0.25) is 11.8 Å². The van der Waals surface area contributed by atoms with Gasteiger partial charge in [-0.1, -0.05) is 38.1 Å². The number of hydrogen-bond acceptors (Lipinski definition) is 3. The molecule has 0 aromatic heterocycles. The third-order valence-electron chi connectivity index (χ3n) is 10.4. The fourth-order valence-corrected chi connectivity index (χ4v) is 8.61. The lowest BCUT2D eigenvalue weighted by Crippen LogP contribution is -2.60. The van der Waals surface area contributed by atoms with Crippen LogP contribution in [-0.4, -0.2) is 46.8 Å².